The van der Waals surface area contributed by atoms with Gasteiger partial charge in [-0.1, -0.05) is 69.9 Å². The van der Waals surface area contributed by atoms with E-state index in [1.165, 1.54) is 4.90 Å². The van der Waals surface area contributed by atoms with E-state index in [-0.39, 0.29) is 24.8 Å². The predicted molar refractivity (Wildman–Crippen MR) is 132 cm³/mol. The predicted octanol–water partition coefficient (Wildman–Crippen LogP) is 3.12. The highest BCUT2D eigenvalue weighted by atomic mass is 16.5. The fraction of sp³-hybridized carbons (Fsp3) is 0.615. The van der Waals surface area contributed by atoms with Crippen LogP contribution >= 0.6 is 0 Å². The first-order valence-corrected chi connectivity index (χ1v) is 12.7. The summed E-state index contributed by atoms with van der Waals surface area (Å²) >= 11 is 0. The molecule has 0 aliphatic carbocycles. The lowest BCUT2D eigenvalue weighted by Gasteiger charge is -2.30. The van der Waals surface area contributed by atoms with Crippen molar-refractivity contribution in [3.05, 3.63) is 35.9 Å². The van der Waals surface area contributed by atoms with Crippen molar-refractivity contribution in [2.24, 2.45) is 11.8 Å². The molecule has 0 aromatic heterocycles. The number of likely N-dealkylation sites (tertiary alicyclic amines) is 1. The number of hydrogen-bond donors (Lipinski definition) is 3. The van der Waals surface area contributed by atoms with Crippen molar-refractivity contribution in [1.29, 1.82) is 0 Å². The van der Waals surface area contributed by atoms with Gasteiger partial charge in [-0.3, -0.25) is 24.9 Å². The first-order chi connectivity index (χ1) is 16.8. The fourth-order valence-electron chi connectivity index (χ4n) is 4.61. The molecular weight excluding hydrogens is 448 g/mol. The van der Waals surface area contributed by atoms with Crippen LogP contribution in [0.1, 0.15) is 64.4 Å². The Morgan fingerprint density at radius 3 is 2.66 bits per heavy atom. The largest absolute Gasteiger partial charge is 0.337 e. The van der Waals surface area contributed by atoms with Crippen LogP contribution in [-0.4, -0.2) is 65.1 Å². The third-order valence-electron chi connectivity index (χ3n) is 6.48. The van der Waals surface area contributed by atoms with E-state index in [1.54, 1.807) is 0 Å². The maximum Gasteiger partial charge on any atom is 0.321 e. The SMILES string of the molecule is CCCCCC(C)CC(CN(O)C=O)C(=O)N1CCCC1C(=O)NC(=O)NCCc1ccccc1. The van der Waals surface area contributed by atoms with Gasteiger partial charge in [0.05, 0.1) is 12.5 Å². The molecule has 1 aromatic carbocycles. The van der Waals surface area contributed by atoms with Gasteiger partial charge in [0.15, 0.2) is 0 Å². The Bertz CT molecular complexity index is 819. The second kappa shape index (κ2) is 15.1. The zero-order chi connectivity index (χ0) is 25.6. The molecule has 0 bridgehead atoms. The number of imide groups is 1. The van der Waals surface area contributed by atoms with Crippen LogP contribution in [-0.2, 0) is 20.8 Å². The Hall–Kier alpha value is -2.94. The molecule has 3 atom stereocenters. The lowest BCUT2D eigenvalue weighted by Crippen LogP contribution is -2.52. The van der Waals surface area contributed by atoms with Gasteiger partial charge >= 0.3 is 6.03 Å². The Labute approximate surface area is 208 Å². The summed E-state index contributed by atoms with van der Waals surface area (Å²) in [6.07, 6.45) is 6.79. The molecule has 9 nitrogen and oxygen atoms in total. The van der Waals surface area contributed by atoms with Crippen LogP contribution < -0.4 is 10.6 Å². The molecule has 1 heterocycles. The lowest BCUT2D eigenvalue weighted by molar-refractivity contribution is -0.158. The number of benzene rings is 1. The van der Waals surface area contributed by atoms with Crippen LogP contribution in [0.15, 0.2) is 30.3 Å². The van der Waals surface area contributed by atoms with Crippen molar-refractivity contribution in [3.63, 3.8) is 0 Å². The molecule has 1 aliphatic heterocycles. The maximum absolute atomic E-state index is 13.4. The van der Waals surface area contributed by atoms with Crippen molar-refractivity contribution in [2.45, 2.75) is 71.3 Å². The highest BCUT2D eigenvalue weighted by Gasteiger charge is 2.38. The van der Waals surface area contributed by atoms with Gasteiger partial charge in [0, 0.05) is 13.1 Å². The molecule has 9 heteroatoms. The number of hydrogen-bond acceptors (Lipinski definition) is 5. The third-order valence-corrected chi connectivity index (χ3v) is 6.48. The highest BCUT2D eigenvalue weighted by Crippen LogP contribution is 2.25. The summed E-state index contributed by atoms with van der Waals surface area (Å²) in [5, 5.41) is 15.3. The average molecular weight is 489 g/mol. The monoisotopic (exact) mass is 488 g/mol. The molecule has 1 fully saturated rings. The molecule has 5 amide bonds. The molecule has 194 valence electrons. The summed E-state index contributed by atoms with van der Waals surface area (Å²) in [5.41, 5.74) is 1.08. The minimum Gasteiger partial charge on any atom is -0.337 e. The molecule has 35 heavy (non-hydrogen) atoms. The van der Waals surface area contributed by atoms with Gasteiger partial charge in [0.1, 0.15) is 6.04 Å². The molecule has 1 aliphatic rings. The van der Waals surface area contributed by atoms with Crippen molar-refractivity contribution in [1.82, 2.24) is 20.6 Å². The number of urea groups is 1. The van der Waals surface area contributed by atoms with Gasteiger partial charge in [0.25, 0.3) is 5.91 Å². The van der Waals surface area contributed by atoms with Gasteiger partial charge in [-0.05, 0) is 37.2 Å². The van der Waals surface area contributed by atoms with E-state index < -0.39 is 23.9 Å². The van der Waals surface area contributed by atoms with Gasteiger partial charge in [-0.25, -0.2) is 9.86 Å². The van der Waals surface area contributed by atoms with Gasteiger partial charge in [0.2, 0.25) is 12.3 Å². The molecule has 1 aromatic rings. The van der Waals surface area contributed by atoms with Crippen LogP contribution in [0.3, 0.4) is 0 Å². The summed E-state index contributed by atoms with van der Waals surface area (Å²) in [6.45, 7) is 4.86. The van der Waals surface area contributed by atoms with Crippen molar-refractivity contribution in [2.75, 3.05) is 19.6 Å². The Morgan fingerprint density at radius 1 is 1.23 bits per heavy atom. The van der Waals surface area contributed by atoms with Crippen LogP contribution in [0.5, 0.6) is 0 Å². The quantitative estimate of drug-likeness (QED) is 0.161. The fourth-order valence-corrected chi connectivity index (χ4v) is 4.61. The standard InChI is InChI=1S/C26H40N4O5/c1-3-4-6-10-20(2)17-22(18-29(35)19-31)25(33)30-16-9-13-23(30)24(32)28-26(34)27-15-14-21-11-7-5-8-12-21/h5,7-8,11-12,19-20,22-23,35H,3-4,6,9-10,13-18H2,1-2H3,(H2,27,28,32,34). The number of nitrogens with zero attached hydrogens (tertiary/aromatic N) is 2. The van der Waals surface area contributed by atoms with Crippen LogP contribution in [0.4, 0.5) is 4.79 Å². The number of unbranched alkanes of at least 4 members (excludes halogenated alkanes) is 2. The average Bonchev–Trinajstić information content (AvgIpc) is 3.34. The number of carbonyl (C=O) groups is 4. The summed E-state index contributed by atoms with van der Waals surface area (Å²) in [4.78, 5) is 50.9. The van der Waals surface area contributed by atoms with E-state index in [1.807, 2.05) is 30.3 Å². The van der Waals surface area contributed by atoms with Crippen LogP contribution in [0.2, 0.25) is 0 Å². The molecule has 0 spiro atoms. The first-order valence-electron chi connectivity index (χ1n) is 12.7. The van der Waals surface area contributed by atoms with E-state index in [0.29, 0.717) is 43.8 Å². The molecule has 1 saturated heterocycles. The van der Waals surface area contributed by atoms with E-state index in [0.717, 1.165) is 31.2 Å². The molecular formula is C26H40N4O5. The van der Waals surface area contributed by atoms with Gasteiger partial charge < -0.3 is 10.2 Å². The maximum atomic E-state index is 13.4. The van der Waals surface area contributed by atoms with Crippen LogP contribution in [0.25, 0.3) is 0 Å². The van der Waals surface area contributed by atoms with Crippen molar-refractivity contribution < 1.29 is 24.4 Å². The molecule has 2 rings (SSSR count). The molecule has 0 saturated carbocycles. The second-order valence-electron chi connectivity index (χ2n) is 9.43. The smallest absolute Gasteiger partial charge is 0.321 e. The van der Waals surface area contributed by atoms with Crippen LogP contribution in [0, 0.1) is 11.8 Å². The normalized spacial score (nSPS) is 16.9. The summed E-state index contributed by atoms with van der Waals surface area (Å²) in [5.74, 6) is -1.16. The van der Waals surface area contributed by atoms with Gasteiger partial charge in [-0.2, -0.15) is 0 Å². The zero-order valence-electron chi connectivity index (χ0n) is 20.9. The first kappa shape index (κ1) is 28.3. The number of nitrogens with one attached hydrogen (secondary N) is 2. The van der Waals surface area contributed by atoms with Gasteiger partial charge in [-0.15, -0.1) is 0 Å². The number of hydroxylamine groups is 2. The lowest BCUT2D eigenvalue weighted by atomic mass is 9.90. The molecule has 0 radical (unpaired) electrons. The Kier molecular flexibility index (Phi) is 12.2. The second-order valence-corrected chi connectivity index (χ2v) is 9.43. The summed E-state index contributed by atoms with van der Waals surface area (Å²) in [7, 11) is 0. The summed E-state index contributed by atoms with van der Waals surface area (Å²) in [6, 6.07) is 8.37. The number of carbonyl (C=O) groups excluding carboxylic acids is 4. The molecule has 3 unspecified atom stereocenters. The number of amides is 5. The van der Waals surface area contributed by atoms with E-state index >= 15 is 0 Å². The minimum atomic E-state index is -0.747. The Morgan fingerprint density at radius 2 is 1.97 bits per heavy atom. The zero-order valence-corrected chi connectivity index (χ0v) is 20.9. The highest BCUT2D eigenvalue weighted by molar-refractivity contribution is 5.99. The topological polar surface area (TPSA) is 119 Å². The van der Waals surface area contributed by atoms with E-state index in [9.17, 15) is 24.4 Å². The van der Waals surface area contributed by atoms with Crippen molar-refractivity contribution >= 4 is 24.3 Å². The Balaban J connectivity index is 1.93. The van der Waals surface area contributed by atoms with E-state index in [4.69, 9.17) is 0 Å². The van der Waals surface area contributed by atoms with E-state index in [2.05, 4.69) is 24.5 Å². The summed E-state index contributed by atoms with van der Waals surface area (Å²) < 4.78 is 0. The third kappa shape index (κ3) is 9.68. The van der Waals surface area contributed by atoms with Crippen molar-refractivity contribution in [3.8, 4) is 0 Å². The number of rotatable bonds is 14. The minimum absolute atomic E-state index is 0.120. The molecule has 3 N–H and O–H groups in total.